The Labute approximate surface area is 113 Å². The van der Waals surface area contributed by atoms with Gasteiger partial charge in [0, 0.05) is 18.0 Å². The topological polar surface area (TPSA) is 46.3 Å². The van der Waals surface area contributed by atoms with Crippen LogP contribution in [-0.2, 0) is 0 Å². The summed E-state index contributed by atoms with van der Waals surface area (Å²) in [5, 5.41) is 0. The molecule has 1 fully saturated rings. The lowest BCUT2D eigenvalue weighted by Crippen LogP contribution is -2.45. The van der Waals surface area contributed by atoms with Gasteiger partial charge in [-0.2, -0.15) is 0 Å². The molecule has 1 aromatic heterocycles. The van der Waals surface area contributed by atoms with Crippen LogP contribution in [-0.4, -0.2) is 30.4 Å². The lowest BCUT2D eigenvalue weighted by Gasteiger charge is -2.36. The molecule has 1 aliphatic rings. The van der Waals surface area contributed by atoms with Crippen molar-refractivity contribution in [2.75, 3.05) is 19.6 Å². The van der Waals surface area contributed by atoms with Crippen molar-refractivity contribution in [3.05, 3.63) is 21.4 Å². The van der Waals surface area contributed by atoms with E-state index in [2.05, 4.69) is 20.8 Å². The first-order chi connectivity index (χ1) is 8.52. The highest BCUT2D eigenvalue weighted by Gasteiger charge is 2.29. The van der Waals surface area contributed by atoms with Gasteiger partial charge in [0.1, 0.15) is 0 Å². The van der Waals surface area contributed by atoms with E-state index in [1.807, 2.05) is 11.0 Å². The molecule has 2 rings (SSSR count). The third-order valence-corrected chi connectivity index (χ3v) is 5.22. The highest BCUT2D eigenvalue weighted by molar-refractivity contribution is 7.14. The van der Waals surface area contributed by atoms with Crippen molar-refractivity contribution in [2.45, 2.75) is 27.2 Å². The van der Waals surface area contributed by atoms with Crippen molar-refractivity contribution >= 4 is 17.2 Å². The molecule has 1 aromatic rings. The molecule has 4 heteroatoms. The fourth-order valence-electron chi connectivity index (χ4n) is 2.48. The molecule has 0 aromatic carbocycles. The van der Waals surface area contributed by atoms with E-state index in [1.54, 1.807) is 11.3 Å². The van der Waals surface area contributed by atoms with E-state index in [9.17, 15) is 4.79 Å². The van der Waals surface area contributed by atoms with E-state index < -0.39 is 0 Å². The van der Waals surface area contributed by atoms with Crippen molar-refractivity contribution in [2.24, 2.45) is 17.6 Å². The summed E-state index contributed by atoms with van der Waals surface area (Å²) in [4.78, 5) is 16.5. The smallest absolute Gasteiger partial charge is 0.263 e. The Morgan fingerprint density at radius 3 is 2.83 bits per heavy atom. The van der Waals surface area contributed by atoms with Gasteiger partial charge in [0.15, 0.2) is 0 Å². The number of aryl methyl sites for hydroxylation is 2. The second-order valence-electron chi connectivity index (χ2n) is 5.36. The summed E-state index contributed by atoms with van der Waals surface area (Å²) in [5.41, 5.74) is 7.00. The van der Waals surface area contributed by atoms with Gasteiger partial charge >= 0.3 is 0 Å². The zero-order valence-electron chi connectivity index (χ0n) is 11.4. The first-order valence-electron chi connectivity index (χ1n) is 6.59. The Morgan fingerprint density at radius 2 is 2.28 bits per heavy atom. The number of carbonyl (C=O) groups excluding carboxylic acids is 1. The molecule has 0 aliphatic carbocycles. The number of nitrogens with two attached hydrogens (primary N) is 1. The van der Waals surface area contributed by atoms with Crippen LogP contribution in [0.2, 0.25) is 0 Å². The molecule has 2 heterocycles. The quantitative estimate of drug-likeness (QED) is 0.893. The molecule has 2 unspecified atom stereocenters. The zero-order chi connectivity index (χ0) is 13.3. The maximum absolute atomic E-state index is 12.4. The number of thiophene rings is 1. The van der Waals surface area contributed by atoms with E-state index >= 15 is 0 Å². The SMILES string of the molecule is Cc1cc(C(=O)N2CCC(C)C(CN)C2)sc1C. The fraction of sp³-hybridized carbons (Fsp3) is 0.643. The molecule has 0 radical (unpaired) electrons. The first kappa shape index (κ1) is 13.6. The highest BCUT2D eigenvalue weighted by Crippen LogP contribution is 2.26. The lowest BCUT2D eigenvalue weighted by molar-refractivity contribution is 0.0623. The van der Waals surface area contributed by atoms with E-state index in [0.717, 1.165) is 24.4 Å². The first-order valence-corrected chi connectivity index (χ1v) is 7.41. The minimum Gasteiger partial charge on any atom is -0.338 e. The zero-order valence-corrected chi connectivity index (χ0v) is 12.2. The molecular weight excluding hydrogens is 244 g/mol. The summed E-state index contributed by atoms with van der Waals surface area (Å²) in [6.45, 7) is 8.71. The van der Waals surface area contributed by atoms with E-state index in [-0.39, 0.29) is 5.91 Å². The number of piperidine rings is 1. The molecule has 0 bridgehead atoms. The van der Waals surface area contributed by atoms with Crippen molar-refractivity contribution in [1.29, 1.82) is 0 Å². The molecular formula is C14H22N2OS. The molecule has 2 N–H and O–H groups in total. The van der Waals surface area contributed by atoms with Gasteiger partial charge in [-0.3, -0.25) is 4.79 Å². The van der Waals surface area contributed by atoms with Crippen LogP contribution in [0.5, 0.6) is 0 Å². The monoisotopic (exact) mass is 266 g/mol. The van der Waals surface area contributed by atoms with E-state index in [4.69, 9.17) is 5.73 Å². The molecule has 2 atom stereocenters. The van der Waals surface area contributed by atoms with Crippen LogP contribution < -0.4 is 5.73 Å². The highest BCUT2D eigenvalue weighted by atomic mass is 32.1. The van der Waals surface area contributed by atoms with Crippen LogP contribution in [0, 0.1) is 25.7 Å². The van der Waals surface area contributed by atoms with Gasteiger partial charge in [0.2, 0.25) is 0 Å². The molecule has 100 valence electrons. The standard InChI is InChI=1S/C14H22N2OS/c1-9-4-5-16(8-12(9)7-15)14(17)13-6-10(2)11(3)18-13/h6,9,12H,4-5,7-8,15H2,1-3H3. The molecule has 1 saturated heterocycles. The van der Waals surface area contributed by atoms with Crippen LogP contribution in [0.15, 0.2) is 6.07 Å². The van der Waals surface area contributed by atoms with Crippen molar-refractivity contribution in [3.8, 4) is 0 Å². The Balaban J connectivity index is 2.10. The summed E-state index contributed by atoms with van der Waals surface area (Å²) < 4.78 is 0. The van der Waals surface area contributed by atoms with Crippen LogP contribution in [0.4, 0.5) is 0 Å². The van der Waals surface area contributed by atoms with Gasteiger partial charge in [-0.05, 0) is 50.3 Å². The van der Waals surface area contributed by atoms with Crippen molar-refractivity contribution in [1.82, 2.24) is 4.90 Å². The Kier molecular flexibility index (Phi) is 4.07. The Hall–Kier alpha value is -0.870. The Morgan fingerprint density at radius 1 is 1.56 bits per heavy atom. The minimum atomic E-state index is 0.182. The van der Waals surface area contributed by atoms with Crippen molar-refractivity contribution in [3.63, 3.8) is 0 Å². The molecule has 1 amide bonds. The number of hydrogen-bond acceptors (Lipinski definition) is 3. The third-order valence-electron chi connectivity index (χ3n) is 4.08. The summed E-state index contributed by atoms with van der Waals surface area (Å²) in [6, 6.07) is 2.01. The second-order valence-corrected chi connectivity index (χ2v) is 6.62. The summed E-state index contributed by atoms with van der Waals surface area (Å²) in [7, 11) is 0. The van der Waals surface area contributed by atoms with Crippen LogP contribution in [0.1, 0.15) is 33.5 Å². The molecule has 3 nitrogen and oxygen atoms in total. The lowest BCUT2D eigenvalue weighted by atomic mass is 9.87. The molecule has 0 saturated carbocycles. The second kappa shape index (κ2) is 5.41. The summed E-state index contributed by atoms with van der Waals surface area (Å²) in [5.74, 6) is 1.26. The number of nitrogens with zero attached hydrogens (tertiary/aromatic N) is 1. The fourth-order valence-corrected chi connectivity index (χ4v) is 3.48. The van der Waals surface area contributed by atoms with Gasteiger partial charge in [-0.15, -0.1) is 11.3 Å². The van der Waals surface area contributed by atoms with Crippen LogP contribution >= 0.6 is 11.3 Å². The predicted molar refractivity (Wildman–Crippen MR) is 76.0 cm³/mol. The van der Waals surface area contributed by atoms with Gasteiger partial charge in [-0.25, -0.2) is 0 Å². The number of amides is 1. The number of likely N-dealkylation sites (tertiary alicyclic amines) is 1. The summed E-state index contributed by atoms with van der Waals surface area (Å²) >= 11 is 1.60. The largest absolute Gasteiger partial charge is 0.338 e. The molecule has 1 aliphatic heterocycles. The number of rotatable bonds is 2. The normalized spacial score (nSPS) is 24.3. The van der Waals surface area contributed by atoms with E-state index in [0.29, 0.717) is 18.4 Å². The van der Waals surface area contributed by atoms with Crippen molar-refractivity contribution < 1.29 is 4.79 Å². The maximum atomic E-state index is 12.4. The van der Waals surface area contributed by atoms with Gasteiger partial charge in [0.25, 0.3) is 5.91 Å². The van der Waals surface area contributed by atoms with Gasteiger partial charge in [0.05, 0.1) is 4.88 Å². The van der Waals surface area contributed by atoms with Crippen LogP contribution in [0.3, 0.4) is 0 Å². The summed E-state index contributed by atoms with van der Waals surface area (Å²) in [6.07, 6.45) is 1.07. The average molecular weight is 266 g/mol. The molecule has 18 heavy (non-hydrogen) atoms. The molecule has 0 spiro atoms. The number of hydrogen-bond donors (Lipinski definition) is 1. The Bertz CT molecular complexity index is 422. The predicted octanol–water partition coefficient (Wildman–Crippen LogP) is 2.42. The third kappa shape index (κ3) is 2.59. The maximum Gasteiger partial charge on any atom is 0.263 e. The van der Waals surface area contributed by atoms with Gasteiger partial charge < -0.3 is 10.6 Å². The van der Waals surface area contributed by atoms with E-state index in [1.165, 1.54) is 10.4 Å². The van der Waals surface area contributed by atoms with Crippen LogP contribution in [0.25, 0.3) is 0 Å². The average Bonchev–Trinajstić information content (AvgIpc) is 2.69. The minimum absolute atomic E-state index is 0.182. The number of carbonyl (C=O) groups is 1. The van der Waals surface area contributed by atoms with Gasteiger partial charge in [-0.1, -0.05) is 6.92 Å².